The van der Waals surface area contributed by atoms with Gasteiger partial charge in [0.05, 0.1) is 0 Å². The molecule has 0 aliphatic rings. The highest BCUT2D eigenvalue weighted by atomic mass is 32.2. The molecule has 0 bridgehead atoms. The van der Waals surface area contributed by atoms with Crippen molar-refractivity contribution in [3.8, 4) is 0 Å². The smallest absolute Gasteiger partial charge is 0.243 e. The summed E-state index contributed by atoms with van der Waals surface area (Å²) < 4.78 is 52.8. The summed E-state index contributed by atoms with van der Waals surface area (Å²) in [4.78, 5) is -0.705. The van der Waals surface area contributed by atoms with Gasteiger partial charge >= 0.3 is 0 Å². The maximum atomic E-state index is 13.5. The van der Waals surface area contributed by atoms with Crippen molar-refractivity contribution in [3.63, 3.8) is 0 Å². The van der Waals surface area contributed by atoms with Gasteiger partial charge in [0.25, 0.3) is 0 Å². The van der Waals surface area contributed by atoms with Crippen LogP contribution in [0.15, 0.2) is 17.0 Å². The predicted octanol–water partition coefficient (Wildman–Crippen LogP) is 1.50. The minimum atomic E-state index is -4.08. The SMILES string of the molecule is CCC(C)NS(=O)(=O)c1cc(CN)cc(F)c1F. The van der Waals surface area contributed by atoms with Crippen molar-refractivity contribution < 1.29 is 17.2 Å². The van der Waals surface area contributed by atoms with Crippen molar-refractivity contribution in [2.24, 2.45) is 5.73 Å². The zero-order valence-electron chi connectivity index (χ0n) is 10.2. The van der Waals surface area contributed by atoms with E-state index >= 15 is 0 Å². The zero-order valence-corrected chi connectivity index (χ0v) is 11.0. The van der Waals surface area contributed by atoms with Gasteiger partial charge in [-0.15, -0.1) is 0 Å². The molecule has 4 nitrogen and oxygen atoms in total. The molecule has 0 fully saturated rings. The van der Waals surface area contributed by atoms with Crippen LogP contribution in [0.5, 0.6) is 0 Å². The van der Waals surface area contributed by atoms with Crippen molar-refractivity contribution in [2.75, 3.05) is 0 Å². The summed E-state index contributed by atoms with van der Waals surface area (Å²) in [5.74, 6) is -2.61. The Morgan fingerprint density at radius 1 is 1.39 bits per heavy atom. The number of rotatable bonds is 5. The molecular weight excluding hydrogens is 262 g/mol. The van der Waals surface area contributed by atoms with Crippen LogP contribution in [0.3, 0.4) is 0 Å². The molecule has 7 heteroatoms. The molecule has 0 aliphatic carbocycles. The third-order valence-electron chi connectivity index (χ3n) is 2.55. The van der Waals surface area contributed by atoms with Crippen LogP contribution in [-0.4, -0.2) is 14.5 Å². The normalized spacial score (nSPS) is 13.6. The lowest BCUT2D eigenvalue weighted by molar-refractivity contribution is 0.479. The van der Waals surface area contributed by atoms with Crippen LogP contribution < -0.4 is 10.5 Å². The summed E-state index contributed by atoms with van der Waals surface area (Å²) in [5, 5.41) is 0. The molecule has 0 saturated carbocycles. The third kappa shape index (κ3) is 3.24. The first-order valence-electron chi connectivity index (χ1n) is 5.52. The molecule has 0 amide bonds. The van der Waals surface area contributed by atoms with Gasteiger partial charge in [0.1, 0.15) is 4.90 Å². The van der Waals surface area contributed by atoms with Crippen LogP contribution in [0.25, 0.3) is 0 Å². The first-order chi connectivity index (χ1) is 8.31. The van der Waals surface area contributed by atoms with Gasteiger partial charge in [-0.3, -0.25) is 0 Å². The van der Waals surface area contributed by atoms with Gasteiger partial charge in [-0.05, 0) is 31.0 Å². The number of hydrogen-bond donors (Lipinski definition) is 2. The van der Waals surface area contributed by atoms with Crippen molar-refractivity contribution >= 4 is 10.0 Å². The molecule has 0 spiro atoms. The molecule has 0 aromatic heterocycles. The van der Waals surface area contributed by atoms with Gasteiger partial charge in [0, 0.05) is 12.6 Å². The van der Waals surface area contributed by atoms with Crippen LogP contribution in [0, 0.1) is 11.6 Å². The Balaban J connectivity index is 3.27. The highest BCUT2D eigenvalue weighted by Crippen LogP contribution is 2.20. The lowest BCUT2D eigenvalue weighted by Gasteiger charge is -2.13. The largest absolute Gasteiger partial charge is 0.326 e. The Bertz CT molecular complexity index is 532. The van der Waals surface area contributed by atoms with E-state index in [0.29, 0.717) is 6.42 Å². The van der Waals surface area contributed by atoms with Crippen molar-refractivity contribution in [1.82, 2.24) is 4.72 Å². The van der Waals surface area contributed by atoms with Gasteiger partial charge in [-0.1, -0.05) is 6.92 Å². The Hall–Kier alpha value is -1.05. The van der Waals surface area contributed by atoms with Crippen LogP contribution >= 0.6 is 0 Å². The lowest BCUT2D eigenvalue weighted by Crippen LogP contribution is -2.32. The summed E-state index contributed by atoms with van der Waals surface area (Å²) in [7, 11) is -4.08. The van der Waals surface area contributed by atoms with Gasteiger partial charge in [0.15, 0.2) is 11.6 Å². The molecule has 18 heavy (non-hydrogen) atoms. The molecule has 1 atom stereocenters. The highest BCUT2D eigenvalue weighted by Gasteiger charge is 2.24. The van der Waals surface area contributed by atoms with Gasteiger partial charge in [-0.2, -0.15) is 0 Å². The van der Waals surface area contributed by atoms with Gasteiger partial charge in [-0.25, -0.2) is 21.9 Å². The second-order valence-electron chi connectivity index (χ2n) is 4.02. The fourth-order valence-electron chi connectivity index (χ4n) is 1.34. The molecule has 0 saturated heterocycles. The molecule has 0 aliphatic heterocycles. The molecule has 1 unspecified atom stereocenters. The topological polar surface area (TPSA) is 72.2 Å². The Kier molecular flexibility index (Phi) is 4.78. The maximum Gasteiger partial charge on any atom is 0.243 e. The number of nitrogens with two attached hydrogens (primary N) is 1. The van der Waals surface area contributed by atoms with Crippen LogP contribution in [0.4, 0.5) is 8.78 Å². The first kappa shape index (κ1) is 15.0. The van der Waals surface area contributed by atoms with E-state index in [1.54, 1.807) is 13.8 Å². The molecule has 1 aromatic rings. The molecule has 0 heterocycles. The summed E-state index contributed by atoms with van der Waals surface area (Å²) >= 11 is 0. The van der Waals surface area contributed by atoms with E-state index in [1.165, 1.54) is 0 Å². The Labute approximate surface area is 105 Å². The minimum absolute atomic E-state index is 0.0664. The second-order valence-corrected chi connectivity index (χ2v) is 5.71. The van der Waals surface area contributed by atoms with E-state index in [1.807, 2.05) is 0 Å². The molecule has 102 valence electrons. The van der Waals surface area contributed by atoms with Gasteiger partial charge in [0.2, 0.25) is 10.0 Å². The zero-order chi connectivity index (χ0) is 13.9. The van der Waals surface area contributed by atoms with Crippen molar-refractivity contribution in [3.05, 3.63) is 29.3 Å². The average Bonchev–Trinajstić information content (AvgIpc) is 2.31. The highest BCUT2D eigenvalue weighted by molar-refractivity contribution is 7.89. The summed E-state index contributed by atoms with van der Waals surface area (Å²) in [6.45, 7) is 3.35. The fraction of sp³-hybridized carbons (Fsp3) is 0.455. The Morgan fingerprint density at radius 3 is 2.50 bits per heavy atom. The summed E-state index contributed by atoms with van der Waals surface area (Å²) in [6.07, 6.45) is 0.542. The third-order valence-corrected chi connectivity index (χ3v) is 4.14. The van der Waals surface area contributed by atoms with E-state index in [4.69, 9.17) is 5.73 Å². The summed E-state index contributed by atoms with van der Waals surface area (Å²) in [6, 6.07) is 1.57. The van der Waals surface area contributed by atoms with E-state index < -0.39 is 26.6 Å². The number of hydrogen-bond acceptors (Lipinski definition) is 3. The quantitative estimate of drug-likeness (QED) is 0.857. The fourth-order valence-corrected chi connectivity index (χ4v) is 2.81. The first-order valence-corrected chi connectivity index (χ1v) is 7.00. The van der Waals surface area contributed by atoms with Crippen LogP contribution in [0.1, 0.15) is 25.8 Å². The van der Waals surface area contributed by atoms with E-state index in [2.05, 4.69) is 4.72 Å². The second kappa shape index (κ2) is 5.73. The summed E-state index contributed by atoms with van der Waals surface area (Å²) in [5.41, 5.74) is 5.52. The monoisotopic (exact) mass is 278 g/mol. The van der Waals surface area contributed by atoms with Gasteiger partial charge < -0.3 is 5.73 Å². The van der Waals surface area contributed by atoms with Crippen LogP contribution in [-0.2, 0) is 16.6 Å². The van der Waals surface area contributed by atoms with E-state index in [-0.39, 0.29) is 18.2 Å². The maximum absolute atomic E-state index is 13.5. The number of halogens is 2. The van der Waals surface area contributed by atoms with Crippen LogP contribution in [0.2, 0.25) is 0 Å². The van der Waals surface area contributed by atoms with Crippen molar-refractivity contribution in [1.29, 1.82) is 0 Å². The van der Waals surface area contributed by atoms with Crippen molar-refractivity contribution in [2.45, 2.75) is 37.8 Å². The number of sulfonamides is 1. The Morgan fingerprint density at radius 2 is 2.00 bits per heavy atom. The molecular formula is C11H16F2N2O2S. The van der Waals surface area contributed by atoms with E-state index in [9.17, 15) is 17.2 Å². The number of nitrogens with one attached hydrogen (secondary N) is 1. The lowest BCUT2D eigenvalue weighted by atomic mass is 10.2. The minimum Gasteiger partial charge on any atom is -0.326 e. The van der Waals surface area contributed by atoms with E-state index in [0.717, 1.165) is 12.1 Å². The molecule has 0 radical (unpaired) electrons. The average molecular weight is 278 g/mol. The molecule has 3 N–H and O–H groups in total. The molecule has 1 rings (SSSR count). The molecule has 1 aromatic carbocycles. The predicted molar refractivity (Wildman–Crippen MR) is 64.3 cm³/mol. The number of benzene rings is 1. The standard InChI is InChI=1S/C11H16F2N2O2S/c1-3-7(2)15-18(16,17)10-5-8(6-14)4-9(12)11(10)13/h4-5,7,15H,3,6,14H2,1-2H3.